The average Bonchev–Trinajstić information content (AvgIpc) is 2.86. The molecule has 2 heteroatoms. The second kappa shape index (κ2) is 3.69. The standard InChI is InChI=1S/C11H18O2/c12-11(13)10-7-9(10)6-8-4-2-1-3-5-8/h8-10H,1-7H2,(H,12,13). The molecule has 0 aromatic rings. The summed E-state index contributed by atoms with van der Waals surface area (Å²) in [6, 6.07) is 0. The van der Waals surface area contributed by atoms with Crippen LogP contribution in [-0.2, 0) is 4.79 Å². The van der Waals surface area contributed by atoms with Crippen molar-refractivity contribution < 1.29 is 9.90 Å². The second-order valence-electron chi connectivity index (χ2n) is 4.68. The van der Waals surface area contributed by atoms with Gasteiger partial charge < -0.3 is 5.11 Å². The van der Waals surface area contributed by atoms with E-state index in [0.717, 1.165) is 12.3 Å². The highest BCUT2D eigenvalue weighted by molar-refractivity contribution is 5.73. The number of carboxylic acids is 1. The van der Waals surface area contributed by atoms with E-state index in [1.807, 2.05) is 0 Å². The van der Waals surface area contributed by atoms with Gasteiger partial charge in [0.15, 0.2) is 0 Å². The molecular weight excluding hydrogens is 164 g/mol. The Morgan fingerprint density at radius 1 is 1.23 bits per heavy atom. The SMILES string of the molecule is O=C(O)C1CC1CC1CCCCC1. The molecule has 1 N–H and O–H groups in total. The largest absolute Gasteiger partial charge is 0.481 e. The fourth-order valence-electron chi connectivity index (χ4n) is 2.66. The zero-order chi connectivity index (χ0) is 9.26. The van der Waals surface area contributed by atoms with Crippen molar-refractivity contribution >= 4 is 5.97 Å². The molecule has 2 fully saturated rings. The normalized spacial score (nSPS) is 34.5. The van der Waals surface area contributed by atoms with Gasteiger partial charge in [-0.3, -0.25) is 4.79 Å². The molecule has 13 heavy (non-hydrogen) atoms. The van der Waals surface area contributed by atoms with Gasteiger partial charge in [-0.05, 0) is 24.7 Å². The number of aliphatic carboxylic acids is 1. The third-order valence-corrected chi connectivity index (χ3v) is 3.60. The van der Waals surface area contributed by atoms with E-state index in [1.54, 1.807) is 0 Å². The second-order valence-corrected chi connectivity index (χ2v) is 4.68. The smallest absolute Gasteiger partial charge is 0.306 e. The molecule has 0 spiro atoms. The first-order valence-electron chi connectivity index (χ1n) is 5.50. The lowest BCUT2D eigenvalue weighted by Crippen LogP contribution is -2.08. The van der Waals surface area contributed by atoms with Crippen LogP contribution < -0.4 is 0 Å². The maximum atomic E-state index is 10.6. The van der Waals surface area contributed by atoms with Gasteiger partial charge in [-0.25, -0.2) is 0 Å². The predicted octanol–water partition coefficient (Wildman–Crippen LogP) is 2.68. The minimum absolute atomic E-state index is 0.0157. The van der Waals surface area contributed by atoms with Crippen LogP contribution in [0.4, 0.5) is 0 Å². The molecule has 0 radical (unpaired) electrons. The van der Waals surface area contributed by atoms with Crippen LogP contribution in [0.15, 0.2) is 0 Å². The van der Waals surface area contributed by atoms with Gasteiger partial charge in [0.05, 0.1) is 5.92 Å². The van der Waals surface area contributed by atoms with Crippen molar-refractivity contribution in [3.8, 4) is 0 Å². The third kappa shape index (κ3) is 2.23. The first kappa shape index (κ1) is 9.04. The van der Waals surface area contributed by atoms with Crippen LogP contribution in [-0.4, -0.2) is 11.1 Å². The summed E-state index contributed by atoms with van der Waals surface area (Å²) in [6.45, 7) is 0. The monoisotopic (exact) mass is 182 g/mol. The van der Waals surface area contributed by atoms with Gasteiger partial charge in [-0.1, -0.05) is 32.1 Å². The van der Waals surface area contributed by atoms with Gasteiger partial charge in [0.1, 0.15) is 0 Å². The van der Waals surface area contributed by atoms with Crippen molar-refractivity contribution in [2.24, 2.45) is 17.8 Å². The number of hydrogen-bond donors (Lipinski definition) is 1. The molecule has 0 aromatic heterocycles. The molecule has 0 aliphatic heterocycles. The van der Waals surface area contributed by atoms with Crippen LogP contribution in [0.3, 0.4) is 0 Å². The van der Waals surface area contributed by atoms with Gasteiger partial charge in [-0.2, -0.15) is 0 Å². The van der Waals surface area contributed by atoms with Gasteiger partial charge >= 0.3 is 5.97 Å². The molecular formula is C11H18O2. The Balaban J connectivity index is 1.70. The highest BCUT2D eigenvalue weighted by Gasteiger charge is 2.43. The van der Waals surface area contributed by atoms with Crippen molar-refractivity contribution in [2.75, 3.05) is 0 Å². The molecule has 0 aromatic carbocycles. The summed E-state index contributed by atoms with van der Waals surface area (Å²) >= 11 is 0. The number of hydrogen-bond acceptors (Lipinski definition) is 1. The van der Waals surface area contributed by atoms with Crippen LogP contribution in [0.2, 0.25) is 0 Å². The summed E-state index contributed by atoms with van der Waals surface area (Å²) in [5, 5.41) is 8.75. The molecule has 0 saturated heterocycles. The van der Waals surface area contributed by atoms with E-state index in [1.165, 1.54) is 38.5 Å². The summed E-state index contributed by atoms with van der Waals surface area (Å²) in [5.74, 6) is 0.825. The maximum Gasteiger partial charge on any atom is 0.306 e. The van der Waals surface area contributed by atoms with Crippen molar-refractivity contribution in [3.63, 3.8) is 0 Å². The number of rotatable bonds is 3. The quantitative estimate of drug-likeness (QED) is 0.728. The average molecular weight is 182 g/mol. The van der Waals surface area contributed by atoms with E-state index in [0.29, 0.717) is 5.92 Å². The van der Waals surface area contributed by atoms with Gasteiger partial charge in [0.25, 0.3) is 0 Å². The summed E-state index contributed by atoms with van der Waals surface area (Å²) in [4.78, 5) is 10.6. The number of carbonyl (C=O) groups is 1. The van der Waals surface area contributed by atoms with Crippen LogP contribution in [0, 0.1) is 17.8 Å². The van der Waals surface area contributed by atoms with E-state index in [2.05, 4.69) is 0 Å². The summed E-state index contributed by atoms with van der Waals surface area (Å²) in [7, 11) is 0. The van der Waals surface area contributed by atoms with Crippen LogP contribution in [0.25, 0.3) is 0 Å². The Bertz CT molecular complexity index is 194. The van der Waals surface area contributed by atoms with Crippen molar-refractivity contribution in [3.05, 3.63) is 0 Å². The van der Waals surface area contributed by atoms with Gasteiger partial charge in [0, 0.05) is 0 Å². The van der Waals surface area contributed by atoms with E-state index in [9.17, 15) is 4.79 Å². The minimum atomic E-state index is -0.569. The molecule has 2 unspecified atom stereocenters. The molecule has 0 bridgehead atoms. The van der Waals surface area contributed by atoms with E-state index < -0.39 is 5.97 Å². The van der Waals surface area contributed by atoms with Crippen LogP contribution in [0.5, 0.6) is 0 Å². The Morgan fingerprint density at radius 3 is 2.46 bits per heavy atom. The van der Waals surface area contributed by atoms with E-state index >= 15 is 0 Å². The molecule has 2 saturated carbocycles. The fourth-order valence-corrected chi connectivity index (χ4v) is 2.66. The lowest BCUT2D eigenvalue weighted by atomic mass is 9.85. The van der Waals surface area contributed by atoms with Crippen LogP contribution in [0.1, 0.15) is 44.9 Å². The lowest BCUT2D eigenvalue weighted by molar-refractivity contribution is -0.138. The molecule has 2 rings (SSSR count). The minimum Gasteiger partial charge on any atom is -0.481 e. The van der Waals surface area contributed by atoms with Gasteiger partial charge in [0.2, 0.25) is 0 Å². The Kier molecular flexibility index (Phi) is 2.56. The molecule has 2 atom stereocenters. The summed E-state index contributed by atoms with van der Waals surface area (Å²) in [5.41, 5.74) is 0. The molecule has 2 nitrogen and oxygen atoms in total. The first-order valence-corrected chi connectivity index (χ1v) is 5.50. The van der Waals surface area contributed by atoms with Crippen molar-refractivity contribution in [1.29, 1.82) is 0 Å². The summed E-state index contributed by atoms with van der Waals surface area (Å²) < 4.78 is 0. The van der Waals surface area contributed by atoms with Crippen LogP contribution >= 0.6 is 0 Å². The molecule has 2 aliphatic carbocycles. The molecule has 0 heterocycles. The van der Waals surface area contributed by atoms with Crippen molar-refractivity contribution in [1.82, 2.24) is 0 Å². The van der Waals surface area contributed by atoms with E-state index in [4.69, 9.17) is 5.11 Å². The third-order valence-electron chi connectivity index (χ3n) is 3.60. The maximum absolute atomic E-state index is 10.6. The Hall–Kier alpha value is -0.530. The first-order chi connectivity index (χ1) is 6.27. The topological polar surface area (TPSA) is 37.3 Å². The molecule has 0 amide bonds. The Morgan fingerprint density at radius 2 is 1.92 bits per heavy atom. The zero-order valence-corrected chi connectivity index (χ0v) is 8.04. The molecule has 74 valence electrons. The summed E-state index contributed by atoms with van der Waals surface area (Å²) in [6.07, 6.45) is 8.97. The van der Waals surface area contributed by atoms with Gasteiger partial charge in [-0.15, -0.1) is 0 Å². The Labute approximate surface area is 79.3 Å². The van der Waals surface area contributed by atoms with E-state index in [-0.39, 0.29) is 5.92 Å². The van der Waals surface area contributed by atoms with Crippen molar-refractivity contribution in [2.45, 2.75) is 44.9 Å². The zero-order valence-electron chi connectivity index (χ0n) is 8.04. The highest BCUT2D eigenvalue weighted by Crippen LogP contribution is 2.45. The molecule has 2 aliphatic rings. The fraction of sp³-hybridized carbons (Fsp3) is 0.909. The predicted molar refractivity (Wildman–Crippen MR) is 50.4 cm³/mol. The lowest BCUT2D eigenvalue weighted by Gasteiger charge is -2.21. The highest BCUT2D eigenvalue weighted by atomic mass is 16.4. The number of carboxylic acid groups (broad SMARTS) is 1.